The number of carbonyl (C=O) groups is 1. The normalized spacial score (nSPS) is 30.1. The fourth-order valence-corrected chi connectivity index (χ4v) is 7.64. The number of hydrogen-bond acceptors (Lipinski definition) is 3. The molecule has 0 N–H and O–H groups in total. The first kappa shape index (κ1) is 23.4. The minimum Gasteiger partial charge on any atom is -0.337 e. The second-order valence-corrected chi connectivity index (χ2v) is 12.5. The average molecular weight is 560 g/mol. The van der Waals surface area contributed by atoms with Gasteiger partial charge in [0.25, 0.3) is 0 Å². The highest BCUT2D eigenvalue weighted by Crippen LogP contribution is 2.51. The maximum Gasteiger partial charge on any atom is 0.426 e. The first-order valence-corrected chi connectivity index (χ1v) is 14.0. The third-order valence-corrected chi connectivity index (χ3v) is 10.1. The summed E-state index contributed by atoms with van der Waals surface area (Å²) in [6, 6.07) is 7.56. The summed E-state index contributed by atoms with van der Waals surface area (Å²) >= 11 is 0. The fourth-order valence-electron chi connectivity index (χ4n) is 6.34. The number of aryl methyl sites for hydroxylation is 1. The van der Waals surface area contributed by atoms with E-state index in [1.165, 1.54) is 29.2 Å². The third-order valence-electron chi connectivity index (χ3n) is 8.45. The predicted octanol–water partition coefficient (Wildman–Crippen LogP) is 4.63. The minimum absolute atomic E-state index is 0.153. The Morgan fingerprint density at radius 3 is 2.50 bits per heavy atom. The van der Waals surface area contributed by atoms with Crippen LogP contribution in [0.5, 0.6) is 0 Å². The molecule has 2 aliphatic heterocycles. The Bertz CT molecular complexity index is 1460. The van der Waals surface area contributed by atoms with E-state index < -0.39 is 69.4 Å². The SMILES string of the molecule is [2H]C([2H])([2H])N1C(C(=O)N2CC[C@@]3(Cc4ccc(F)cc4)c4ccc(C(C)(F)C(F)(F)F)cc4CC[C@@H]23)CCS1(=O)=O. The minimum atomic E-state index is -5.13. The zero-order valence-corrected chi connectivity index (χ0v) is 21.4. The number of benzene rings is 2. The van der Waals surface area contributed by atoms with Gasteiger partial charge in [0.2, 0.25) is 21.6 Å². The fraction of sp³-hybridized carbons (Fsp3) is 0.519. The number of carbonyl (C=O) groups excluding carboxylic acids is 1. The lowest BCUT2D eigenvalue weighted by atomic mass is 9.63. The summed E-state index contributed by atoms with van der Waals surface area (Å²) in [5, 5.41) is 0. The molecule has 5 rings (SSSR count). The van der Waals surface area contributed by atoms with Crippen LogP contribution in [0.4, 0.5) is 22.0 Å². The molecule has 0 saturated carbocycles. The zero-order valence-electron chi connectivity index (χ0n) is 23.6. The lowest BCUT2D eigenvalue weighted by Gasteiger charge is -2.44. The second kappa shape index (κ2) is 9.01. The number of likely N-dealkylation sites (N-methyl/N-ethyl adjacent to an activating group) is 1. The van der Waals surface area contributed by atoms with Crippen LogP contribution in [0.3, 0.4) is 0 Å². The number of amides is 1. The number of likely N-dealkylation sites (tertiary alicyclic amines) is 1. The molecule has 1 aliphatic carbocycles. The lowest BCUT2D eigenvalue weighted by molar-refractivity contribution is -0.228. The smallest absolute Gasteiger partial charge is 0.337 e. The number of alkyl halides is 4. The Kier molecular flexibility index (Phi) is 5.54. The number of hydrogen-bond donors (Lipinski definition) is 0. The molecular weight excluding hydrogens is 527 g/mol. The quantitative estimate of drug-likeness (QED) is 0.514. The summed E-state index contributed by atoms with van der Waals surface area (Å²) in [5.41, 5.74) is -3.10. The van der Waals surface area contributed by atoms with Crippen LogP contribution in [0.25, 0.3) is 0 Å². The van der Waals surface area contributed by atoms with E-state index in [2.05, 4.69) is 0 Å². The van der Waals surface area contributed by atoms with Crippen molar-refractivity contribution in [3.05, 3.63) is 70.5 Å². The van der Waals surface area contributed by atoms with E-state index in [0.717, 1.165) is 6.07 Å². The Labute approximate surface area is 222 Å². The standard InChI is InChI=1S/C27H29F5N2O3S/c1-25(29,27(30,31)32)19-6-9-21-18(15-19)5-10-23-26(21,16-17-3-7-20(28)8-4-17)12-13-34(23)24(35)22-11-14-38(36,37)33(22)2/h3-4,6-9,15,22-23H,5,10-14,16H2,1-2H3/t22?,23-,25?,26-/m1/s1/i2D3. The molecule has 2 unspecified atom stereocenters. The highest BCUT2D eigenvalue weighted by molar-refractivity contribution is 7.89. The summed E-state index contributed by atoms with van der Waals surface area (Å²) in [4.78, 5) is 15.3. The van der Waals surface area contributed by atoms with Gasteiger partial charge in [0, 0.05) is 29.1 Å². The number of sulfonamides is 1. The molecular formula is C27H29F5N2O3S. The number of rotatable bonds is 4. The summed E-state index contributed by atoms with van der Waals surface area (Å²) < 4.78 is 118. The van der Waals surface area contributed by atoms with Crippen LogP contribution in [0.1, 0.15) is 52.6 Å². The van der Waals surface area contributed by atoms with Crippen molar-refractivity contribution >= 4 is 15.9 Å². The van der Waals surface area contributed by atoms with Crippen LogP contribution in [0, 0.1) is 5.82 Å². The molecule has 5 nitrogen and oxygen atoms in total. The first-order chi connectivity index (χ1) is 18.9. The van der Waals surface area contributed by atoms with Gasteiger partial charge in [-0.25, -0.2) is 17.2 Å². The molecule has 0 spiro atoms. The molecule has 4 atom stereocenters. The van der Waals surface area contributed by atoms with E-state index in [-0.39, 0.29) is 32.2 Å². The summed E-state index contributed by atoms with van der Waals surface area (Å²) in [7, 11) is -4.18. The van der Waals surface area contributed by atoms with Gasteiger partial charge in [0.1, 0.15) is 11.9 Å². The van der Waals surface area contributed by atoms with Gasteiger partial charge in [0.15, 0.2) is 0 Å². The molecule has 0 radical (unpaired) electrons. The molecule has 1 amide bonds. The van der Waals surface area contributed by atoms with E-state index >= 15 is 0 Å². The summed E-state index contributed by atoms with van der Waals surface area (Å²) in [6.07, 6.45) is -4.18. The molecule has 2 aromatic rings. The van der Waals surface area contributed by atoms with Gasteiger partial charge < -0.3 is 4.90 Å². The van der Waals surface area contributed by atoms with Crippen molar-refractivity contribution in [1.82, 2.24) is 9.21 Å². The maximum atomic E-state index is 14.9. The van der Waals surface area contributed by atoms with E-state index in [9.17, 15) is 35.2 Å². The van der Waals surface area contributed by atoms with Crippen molar-refractivity contribution in [3.8, 4) is 0 Å². The van der Waals surface area contributed by atoms with E-state index in [4.69, 9.17) is 4.11 Å². The number of halogens is 5. The van der Waals surface area contributed by atoms with Crippen molar-refractivity contribution in [2.75, 3.05) is 19.3 Å². The molecule has 2 aromatic carbocycles. The van der Waals surface area contributed by atoms with Gasteiger partial charge in [-0.3, -0.25) is 4.79 Å². The lowest BCUT2D eigenvalue weighted by Crippen LogP contribution is -2.53. The van der Waals surface area contributed by atoms with Crippen molar-refractivity contribution in [2.45, 2.75) is 68.4 Å². The first-order valence-electron chi connectivity index (χ1n) is 13.9. The molecule has 206 valence electrons. The molecule has 38 heavy (non-hydrogen) atoms. The Morgan fingerprint density at radius 1 is 1.13 bits per heavy atom. The van der Waals surface area contributed by atoms with Crippen molar-refractivity contribution in [3.63, 3.8) is 0 Å². The predicted molar refractivity (Wildman–Crippen MR) is 131 cm³/mol. The van der Waals surface area contributed by atoms with Gasteiger partial charge in [-0.05, 0) is 73.4 Å². The topological polar surface area (TPSA) is 57.7 Å². The Hall–Kier alpha value is -2.53. The highest BCUT2D eigenvalue weighted by Gasteiger charge is 2.56. The molecule has 2 heterocycles. The molecule has 0 bridgehead atoms. The van der Waals surface area contributed by atoms with Gasteiger partial charge in [-0.15, -0.1) is 0 Å². The largest absolute Gasteiger partial charge is 0.426 e. The second-order valence-electron chi connectivity index (χ2n) is 10.6. The number of fused-ring (bicyclic) bond motifs is 3. The van der Waals surface area contributed by atoms with Gasteiger partial charge in [0.05, 0.1) is 5.75 Å². The molecule has 11 heteroatoms. The summed E-state index contributed by atoms with van der Waals surface area (Å²) in [6.45, 7) is -2.43. The van der Waals surface area contributed by atoms with Crippen LogP contribution in [-0.4, -0.2) is 61.1 Å². The summed E-state index contributed by atoms with van der Waals surface area (Å²) in [5.74, 6) is -1.57. The van der Waals surface area contributed by atoms with Crippen LogP contribution in [0.2, 0.25) is 0 Å². The van der Waals surface area contributed by atoms with Crippen LogP contribution in [-0.2, 0) is 38.7 Å². The Morgan fingerprint density at radius 2 is 1.84 bits per heavy atom. The molecule has 3 aliphatic rings. The average Bonchev–Trinajstić information content (AvgIpc) is 3.41. The van der Waals surface area contributed by atoms with Gasteiger partial charge >= 0.3 is 6.18 Å². The van der Waals surface area contributed by atoms with Crippen molar-refractivity contribution < 1.29 is 39.3 Å². The maximum absolute atomic E-state index is 14.9. The van der Waals surface area contributed by atoms with Crippen LogP contribution >= 0.6 is 0 Å². The van der Waals surface area contributed by atoms with Crippen LogP contribution < -0.4 is 0 Å². The highest BCUT2D eigenvalue weighted by atomic mass is 32.2. The van der Waals surface area contributed by atoms with Crippen molar-refractivity contribution in [2.24, 2.45) is 0 Å². The number of nitrogens with zero attached hydrogens (tertiary/aromatic N) is 2. The van der Waals surface area contributed by atoms with Crippen LogP contribution in [0.15, 0.2) is 42.5 Å². The molecule has 2 fully saturated rings. The zero-order chi connectivity index (χ0) is 30.2. The van der Waals surface area contributed by atoms with Gasteiger partial charge in [-0.1, -0.05) is 30.3 Å². The van der Waals surface area contributed by atoms with E-state index in [0.29, 0.717) is 34.3 Å². The monoisotopic (exact) mass is 559 g/mol. The van der Waals surface area contributed by atoms with E-state index in [1.807, 2.05) is 0 Å². The van der Waals surface area contributed by atoms with Gasteiger partial charge in [-0.2, -0.15) is 17.5 Å². The van der Waals surface area contributed by atoms with E-state index in [1.54, 1.807) is 12.1 Å². The molecule has 2 saturated heterocycles. The third kappa shape index (κ3) is 4.22. The van der Waals surface area contributed by atoms with Crippen molar-refractivity contribution in [1.29, 1.82) is 0 Å². The molecule has 0 aromatic heterocycles. The Balaban J connectivity index is 1.57.